The van der Waals surface area contributed by atoms with E-state index in [4.69, 9.17) is 6.42 Å². The fourth-order valence-corrected chi connectivity index (χ4v) is 0.615. The van der Waals surface area contributed by atoms with Crippen LogP contribution >= 0.6 is 0 Å². The van der Waals surface area contributed by atoms with Crippen LogP contribution < -0.4 is 0 Å². The second kappa shape index (κ2) is 2.32. The molecule has 0 aliphatic rings. The summed E-state index contributed by atoms with van der Waals surface area (Å²) < 4.78 is 0. The Labute approximate surface area is 54.7 Å². The molecule has 0 fully saturated rings. The van der Waals surface area contributed by atoms with E-state index < -0.39 is 0 Å². The summed E-state index contributed by atoms with van der Waals surface area (Å²) in [6.45, 7) is 1.99. The van der Waals surface area contributed by atoms with Gasteiger partial charge in [0.1, 0.15) is 5.69 Å². The first-order chi connectivity index (χ1) is 4.33. The van der Waals surface area contributed by atoms with E-state index in [9.17, 15) is 0 Å². The maximum absolute atomic E-state index is 5.11. The average Bonchev–Trinajstić information content (AvgIpc) is 1.88. The molecule has 0 saturated carbocycles. The molecule has 0 amide bonds. The molecule has 1 aromatic rings. The lowest BCUT2D eigenvalue weighted by Crippen LogP contribution is -1.80. The molecular weight excluding hydrogens is 110 g/mol. The van der Waals surface area contributed by atoms with E-state index >= 15 is 0 Å². The lowest BCUT2D eigenvalue weighted by Gasteiger charge is -1.89. The Morgan fingerprint density at radius 2 is 2.44 bits per heavy atom. The van der Waals surface area contributed by atoms with Gasteiger partial charge in [0.05, 0.1) is 0 Å². The number of aromatic nitrogens is 1. The number of nitrogens with zero attached hydrogens (tertiary/aromatic N) is 1. The zero-order chi connectivity index (χ0) is 6.69. The van der Waals surface area contributed by atoms with Gasteiger partial charge in [0, 0.05) is 6.20 Å². The van der Waals surface area contributed by atoms with Crippen LogP contribution in [-0.4, -0.2) is 4.98 Å². The molecule has 0 saturated heterocycles. The number of hydrogen-bond donors (Lipinski definition) is 0. The molecule has 0 N–H and O–H groups in total. The summed E-state index contributed by atoms with van der Waals surface area (Å²) in [6, 6.07) is 3.79. The van der Waals surface area contributed by atoms with Crippen LogP contribution in [0.25, 0.3) is 0 Å². The van der Waals surface area contributed by atoms with Gasteiger partial charge in [0.25, 0.3) is 0 Å². The fraction of sp³-hybridized carbons (Fsp3) is 0.125. The minimum Gasteiger partial charge on any atom is -0.248 e. The SMILES string of the molecule is C#Cc1cc(C)ccn1. The highest BCUT2D eigenvalue weighted by Crippen LogP contribution is 1.96. The second-order valence-electron chi connectivity index (χ2n) is 1.86. The van der Waals surface area contributed by atoms with Crippen LogP contribution in [-0.2, 0) is 0 Å². The Morgan fingerprint density at radius 1 is 1.67 bits per heavy atom. The van der Waals surface area contributed by atoms with Crippen molar-refractivity contribution in [1.29, 1.82) is 0 Å². The van der Waals surface area contributed by atoms with Gasteiger partial charge in [-0.1, -0.05) is 5.92 Å². The predicted molar refractivity (Wildman–Crippen MR) is 36.9 cm³/mol. The molecule has 1 heterocycles. The van der Waals surface area contributed by atoms with E-state index in [1.807, 2.05) is 19.1 Å². The highest BCUT2D eigenvalue weighted by atomic mass is 14.6. The lowest BCUT2D eigenvalue weighted by molar-refractivity contribution is 1.25. The van der Waals surface area contributed by atoms with Crippen molar-refractivity contribution in [1.82, 2.24) is 4.98 Å². The average molecular weight is 117 g/mol. The molecule has 1 heteroatoms. The number of pyridine rings is 1. The number of aryl methyl sites for hydroxylation is 1. The first kappa shape index (κ1) is 5.84. The van der Waals surface area contributed by atoms with E-state index in [0.717, 1.165) is 5.56 Å². The molecule has 0 spiro atoms. The summed E-state index contributed by atoms with van der Waals surface area (Å²) in [7, 11) is 0. The molecular formula is C8H7N. The third-order valence-corrected chi connectivity index (χ3v) is 1.06. The Hall–Kier alpha value is -1.29. The van der Waals surface area contributed by atoms with Gasteiger partial charge in [-0.25, -0.2) is 4.98 Å². The van der Waals surface area contributed by atoms with Gasteiger partial charge in [0.2, 0.25) is 0 Å². The molecule has 44 valence electrons. The van der Waals surface area contributed by atoms with Crippen molar-refractivity contribution in [3.63, 3.8) is 0 Å². The van der Waals surface area contributed by atoms with E-state index in [-0.39, 0.29) is 0 Å². The van der Waals surface area contributed by atoms with Crippen molar-refractivity contribution in [3.05, 3.63) is 29.6 Å². The van der Waals surface area contributed by atoms with E-state index in [0.29, 0.717) is 5.69 Å². The second-order valence-corrected chi connectivity index (χ2v) is 1.86. The van der Waals surface area contributed by atoms with Crippen LogP contribution in [0.15, 0.2) is 18.3 Å². The Bertz CT molecular complexity index is 245. The van der Waals surface area contributed by atoms with Gasteiger partial charge in [-0.2, -0.15) is 0 Å². The van der Waals surface area contributed by atoms with Gasteiger partial charge < -0.3 is 0 Å². The van der Waals surface area contributed by atoms with E-state index in [1.54, 1.807) is 6.20 Å². The molecule has 1 rings (SSSR count). The highest BCUT2D eigenvalue weighted by molar-refractivity contribution is 5.27. The monoisotopic (exact) mass is 117 g/mol. The van der Waals surface area contributed by atoms with Crippen LogP contribution in [0.3, 0.4) is 0 Å². The molecule has 9 heavy (non-hydrogen) atoms. The van der Waals surface area contributed by atoms with Crippen LogP contribution in [0.1, 0.15) is 11.3 Å². The Morgan fingerprint density at radius 3 is 2.89 bits per heavy atom. The molecule has 0 aliphatic heterocycles. The Balaban J connectivity index is 3.12. The normalized spacial score (nSPS) is 8.44. The Kier molecular flexibility index (Phi) is 1.51. The minimum absolute atomic E-state index is 0.704. The molecule has 0 aliphatic carbocycles. The standard InChI is InChI=1S/C8H7N/c1-3-8-6-7(2)4-5-9-8/h1,4-6H,2H3. The van der Waals surface area contributed by atoms with Crippen LogP contribution in [0.4, 0.5) is 0 Å². The first-order valence-corrected chi connectivity index (χ1v) is 2.72. The minimum atomic E-state index is 0.704. The molecule has 0 atom stereocenters. The van der Waals surface area contributed by atoms with Gasteiger partial charge in [0.15, 0.2) is 0 Å². The highest BCUT2D eigenvalue weighted by Gasteiger charge is 1.85. The van der Waals surface area contributed by atoms with E-state index in [1.165, 1.54) is 0 Å². The van der Waals surface area contributed by atoms with Gasteiger partial charge >= 0.3 is 0 Å². The lowest BCUT2D eigenvalue weighted by atomic mass is 10.2. The van der Waals surface area contributed by atoms with Crippen molar-refractivity contribution in [2.75, 3.05) is 0 Å². The van der Waals surface area contributed by atoms with Crippen LogP contribution in [0.5, 0.6) is 0 Å². The van der Waals surface area contributed by atoms with Gasteiger partial charge in [-0.15, -0.1) is 6.42 Å². The van der Waals surface area contributed by atoms with Crippen molar-refractivity contribution in [3.8, 4) is 12.3 Å². The quantitative estimate of drug-likeness (QED) is 0.468. The smallest absolute Gasteiger partial charge is 0.113 e. The summed E-state index contributed by atoms with van der Waals surface area (Å²) in [5, 5.41) is 0. The summed E-state index contributed by atoms with van der Waals surface area (Å²) in [4.78, 5) is 3.92. The zero-order valence-corrected chi connectivity index (χ0v) is 5.26. The maximum Gasteiger partial charge on any atom is 0.113 e. The molecule has 0 aromatic carbocycles. The third kappa shape index (κ3) is 1.30. The zero-order valence-electron chi connectivity index (χ0n) is 5.26. The fourth-order valence-electron chi connectivity index (χ4n) is 0.615. The van der Waals surface area contributed by atoms with Crippen molar-refractivity contribution in [2.24, 2.45) is 0 Å². The van der Waals surface area contributed by atoms with E-state index in [2.05, 4.69) is 10.9 Å². The summed E-state index contributed by atoms with van der Waals surface area (Å²) in [5.41, 5.74) is 1.85. The number of hydrogen-bond acceptors (Lipinski definition) is 1. The topological polar surface area (TPSA) is 12.9 Å². The molecule has 0 radical (unpaired) electrons. The molecule has 1 nitrogen and oxygen atoms in total. The summed E-state index contributed by atoms with van der Waals surface area (Å²) >= 11 is 0. The molecule has 1 aromatic heterocycles. The van der Waals surface area contributed by atoms with Crippen molar-refractivity contribution in [2.45, 2.75) is 6.92 Å². The number of terminal acetylenes is 1. The van der Waals surface area contributed by atoms with Crippen molar-refractivity contribution >= 4 is 0 Å². The number of rotatable bonds is 0. The van der Waals surface area contributed by atoms with Crippen LogP contribution in [0, 0.1) is 19.3 Å². The third-order valence-electron chi connectivity index (χ3n) is 1.06. The van der Waals surface area contributed by atoms with Crippen molar-refractivity contribution < 1.29 is 0 Å². The summed E-state index contributed by atoms with van der Waals surface area (Å²) in [6.07, 6.45) is 6.82. The van der Waals surface area contributed by atoms with Gasteiger partial charge in [-0.3, -0.25) is 0 Å². The largest absolute Gasteiger partial charge is 0.248 e. The summed E-state index contributed by atoms with van der Waals surface area (Å²) in [5.74, 6) is 2.46. The molecule has 0 bridgehead atoms. The predicted octanol–water partition coefficient (Wildman–Crippen LogP) is 1.37. The first-order valence-electron chi connectivity index (χ1n) is 2.72. The molecule has 0 unspecified atom stereocenters. The maximum atomic E-state index is 5.11. The van der Waals surface area contributed by atoms with Gasteiger partial charge in [-0.05, 0) is 24.6 Å². The van der Waals surface area contributed by atoms with Crippen LogP contribution in [0.2, 0.25) is 0 Å².